The maximum absolute atomic E-state index is 11.4. The van der Waals surface area contributed by atoms with Crippen LogP contribution in [0.1, 0.15) is 6.42 Å². The number of anilines is 1. The van der Waals surface area contributed by atoms with Crippen molar-refractivity contribution in [3.05, 3.63) is 28.7 Å². The molecule has 1 aliphatic heterocycles. The molecular formula is C11H13BrN2O. The molecule has 0 aliphatic carbocycles. The average molecular weight is 269 g/mol. The Kier molecular flexibility index (Phi) is 3.26. The molecule has 1 amide bonds. The molecule has 1 saturated heterocycles. The van der Waals surface area contributed by atoms with E-state index in [1.165, 1.54) is 0 Å². The van der Waals surface area contributed by atoms with E-state index in [2.05, 4.69) is 26.1 Å². The average Bonchev–Trinajstić information content (AvgIpc) is 2.43. The second kappa shape index (κ2) is 4.66. The lowest BCUT2D eigenvalue weighted by molar-refractivity contribution is -0.119. The number of carbonyl (C=O) groups excluding carboxylic acids is 1. The monoisotopic (exact) mass is 268 g/mol. The van der Waals surface area contributed by atoms with Crippen LogP contribution >= 0.6 is 15.9 Å². The number of hydrogen-bond acceptors (Lipinski definition) is 2. The summed E-state index contributed by atoms with van der Waals surface area (Å²) in [7, 11) is 0. The molecule has 4 heteroatoms. The Labute approximate surface area is 97.6 Å². The Bertz CT molecular complexity index is 367. The number of para-hydroxylation sites is 1. The van der Waals surface area contributed by atoms with Gasteiger partial charge in [0.1, 0.15) is 0 Å². The minimum absolute atomic E-state index is 0.100. The van der Waals surface area contributed by atoms with E-state index in [0.717, 1.165) is 29.7 Å². The first-order valence-corrected chi connectivity index (χ1v) is 5.83. The fourth-order valence-corrected chi connectivity index (χ4v) is 2.26. The van der Waals surface area contributed by atoms with Gasteiger partial charge in [-0.25, -0.2) is 0 Å². The standard InChI is InChI=1S/C11H13BrN2O/c12-9-4-1-2-5-10(9)14-7-3-6-13-11(15)8-14/h1-2,4-5H,3,6-8H2,(H,13,15). The zero-order chi connectivity index (χ0) is 10.7. The van der Waals surface area contributed by atoms with Crippen LogP contribution in [0.15, 0.2) is 28.7 Å². The Hall–Kier alpha value is -1.03. The molecule has 0 unspecified atom stereocenters. The molecule has 1 N–H and O–H groups in total. The third-order valence-corrected chi connectivity index (χ3v) is 3.13. The van der Waals surface area contributed by atoms with Crippen molar-refractivity contribution in [2.75, 3.05) is 24.5 Å². The van der Waals surface area contributed by atoms with Crippen LogP contribution < -0.4 is 10.2 Å². The number of amides is 1. The van der Waals surface area contributed by atoms with Crippen molar-refractivity contribution in [1.29, 1.82) is 0 Å². The molecular weight excluding hydrogens is 256 g/mol. The van der Waals surface area contributed by atoms with Gasteiger partial charge in [-0.1, -0.05) is 12.1 Å². The van der Waals surface area contributed by atoms with E-state index in [1.807, 2.05) is 24.3 Å². The SMILES string of the molecule is O=C1CN(c2ccccc2Br)CCCN1. The highest BCUT2D eigenvalue weighted by Gasteiger charge is 2.16. The lowest BCUT2D eigenvalue weighted by atomic mass is 10.2. The second-order valence-corrected chi connectivity index (χ2v) is 4.43. The lowest BCUT2D eigenvalue weighted by Gasteiger charge is -2.22. The minimum atomic E-state index is 0.100. The van der Waals surface area contributed by atoms with Gasteiger partial charge in [0.15, 0.2) is 0 Å². The Balaban J connectivity index is 2.22. The van der Waals surface area contributed by atoms with Crippen molar-refractivity contribution in [2.45, 2.75) is 6.42 Å². The predicted octanol–water partition coefficient (Wildman–Crippen LogP) is 1.78. The number of nitrogens with zero attached hydrogens (tertiary/aromatic N) is 1. The van der Waals surface area contributed by atoms with Crippen LogP contribution in [0.3, 0.4) is 0 Å². The van der Waals surface area contributed by atoms with Crippen LogP contribution in [0.5, 0.6) is 0 Å². The Morgan fingerprint density at radius 3 is 2.93 bits per heavy atom. The van der Waals surface area contributed by atoms with Crippen molar-refractivity contribution in [2.24, 2.45) is 0 Å². The van der Waals surface area contributed by atoms with E-state index in [9.17, 15) is 4.79 Å². The third kappa shape index (κ3) is 2.50. The zero-order valence-electron chi connectivity index (χ0n) is 8.37. The molecule has 0 aromatic heterocycles. The molecule has 2 rings (SSSR count). The van der Waals surface area contributed by atoms with E-state index < -0.39 is 0 Å². The van der Waals surface area contributed by atoms with Crippen molar-refractivity contribution in [3.63, 3.8) is 0 Å². The molecule has 3 nitrogen and oxygen atoms in total. The van der Waals surface area contributed by atoms with Gasteiger partial charge in [-0.05, 0) is 34.5 Å². The zero-order valence-corrected chi connectivity index (χ0v) is 9.96. The smallest absolute Gasteiger partial charge is 0.239 e. The first-order valence-electron chi connectivity index (χ1n) is 5.03. The molecule has 1 heterocycles. The lowest BCUT2D eigenvalue weighted by Crippen LogP contribution is -2.33. The van der Waals surface area contributed by atoms with Crippen LogP contribution in [-0.2, 0) is 4.79 Å². The maximum Gasteiger partial charge on any atom is 0.239 e. The van der Waals surface area contributed by atoms with Crippen LogP contribution in [-0.4, -0.2) is 25.5 Å². The number of carbonyl (C=O) groups is 1. The highest BCUT2D eigenvalue weighted by Crippen LogP contribution is 2.25. The Morgan fingerprint density at radius 1 is 1.33 bits per heavy atom. The summed E-state index contributed by atoms with van der Waals surface area (Å²) < 4.78 is 1.04. The normalized spacial score (nSPS) is 17.1. The summed E-state index contributed by atoms with van der Waals surface area (Å²) in [4.78, 5) is 13.5. The first kappa shape index (κ1) is 10.5. The molecule has 1 fully saturated rings. The van der Waals surface area contributed by atoms with Crippen LogP contribution in [0.2, 0.25) is 0 Å². The molecule has 80 valence electrons. The van der Waals surface area contributed by atoms with Crippen molar-refractivity contribution in [3.8, 4) is 0 Å². The van der Waals surface area contributed by atoms with E-state index in [0.29, 0.717) is 6.54 Å². The van der Waals surface area contributed by atoms with Crippen molar-refractivity contribution >= 4 is 27.5 Å². The molecule has 0 bridgehead atoms. The van der Waals surface area contributed by atoms with Gasteiger partial charge < -0.3 is 10.2 Å². The number of halogens is 1. The van der Waals surface area contributed by atoms with E-state index in [-0.39, 0.29) is 5.91 Å². The van der Waals surface area contributed by atoms with Crippen molar-refractivity contribution < 1.29 is 4.79 Å². The molecule has 1 aromatic rings. The fraction of sp³-hybridized carbons (Fsp3) is 0.364. The summed E-state index contributed by atoms with van der Waals surface area (Å²) in [5.74, 6) is 0.100. The van der Waals surface area contributed by atoms with Crippen LogP contribution in [0.4, 0.5) is 5.69 Å². The second-order valence-electron chi connectivity index (χ2n) is 3.58. The van der Waals surface area contributed by atoms with Crippen molar-refractivity contribution in [1.82, 2.24) is 5.32 Å². The van der Waals surface area contributed by atoms with Gasteiger partial charge in [0, 0.05) is 17.6 Å². The van der Waals surface area contributed by atoms with E-state index >= 15 is 0 Å². The number of rotatable bonds is 1. The largest absolute Gasteiger partial charge is 0.361 e. The summed E-state index contributed by atoms with van der Waals surface area (Å²) in [5.41, 5.74) is 1.09. The van der Waals surface area contributed by atoms with Gasteiger partial charge in [0.05, 0.1) is 12.2 Å². The summed E-state index contributed by atoms with van der Waals surface area (Å²) in [6, 6.07) is 8.00. The topological polar surface area (TPSA) is 32.3 Å². The first-order chi connectivity index (χ1) is 7.27. The summed E-state index contributed by atoms with van der Waals surface area (Å²) >= 11 is 3.50. The molecule has 1 aliphatic rings. The summed E-state index contributed by atoms with van der Waals surface area (Å²) in [6.45, 7) is 2.14. The maximum atomic E-state index is 11.4. The quantitative estimate of drug-likeness (QED) is 0.842. The molecule has 1 aromatic carbocycles. The van der Waals surface area contributed by atoms with Gasteiger partial charge in [0.2, 0.25) is 5.91 Å². The van der Waals surface area contributed by atoms with Crippen LogP contribution in [0, 0.1) is 0 Å². The molecule has 0 radical (unpaired) electrons. The Morgan fingerprint density at radius 2 is 2.13 bits per heavy atom. The number of nitrogens with one attached hydrogen (secondary N) is 1. The van der Waals surface area contributed by atoms with Gasteiger partial charge in [-0.3, -0.25) is 4.79 Å². The van der Waals surface area contributed by atoms with Gasteiger partial charge in [-0.15, -0.1) is 0 Å². The number of hydrogen-bond donors (Lipinski definition) is 1. The van der Waals surface area contributed by atoms with Gasteiger partial charge in [0.25, 0.3) is 0 Å². The highest BCUT2D eigenvalue weighted by atomic mass is 79.9. The molecule has 15 heavy (non-hydrogen) atoms. The molecule has 0 saturated carbocycles. The fourth-order valence-electron chi connectivity index (χ4n) is 1.72. The van der Waals surface area contributed by atoms with E-state index in [1.54, 1.807) is 0 Å². The van der Waals surface area contributed by atoms with Crippen LogP contribution in [0.25, 0.3) is 0 Å². The minimum Gasteiger partial charge on any atom is -0.361 e. The van der Waals surface area contributed by atoms with E-state index in [4.69, 9.17) is 0 Å². The third-order valence-electron chi connectivity index (χ3n) is 2.45. The highest BCUT2D eigenvalue weighted by molar-refractivity contribution is 9.10. The van der Waals surface area contributed by atoms with Gasteiger partial charge in [-0.2, -0.15) is 0 Å². The predicted molar refractivity (Wildman–Crippen MR) is 64.0 cm³/mol. The molecule has 0 spiro atoms. The van der Waals surface area contributed by atoms with Gasteiger partial charge >= 0.3 is 0 Å². The summed E-state index contributed by atoms with van der Waals surface area (Å²) in [5, 5.41) is 2.87. The number of benzene rings is 1. The summed E-state index contributed by atoms with van der Waals surface area (Å²) in [6.07, 6.45) is 0.993. The molecule has 0 atom stereocenters.